The van der Waals surface area contributed by atoms with E-state index in [4.69, 9.17) is 10.2 Å². The Morgan fingerprint density at radius 3 is 2.33 bits per heavy atom. The van der Waals surface area contributed by atoms with E-state index in [1.54, 1.807) is 0 Å². The number of hydrogen-bond donors (Lipinski definition) is 2. The predicted molar refractivity (Wildman–Crippen MR) is 49.0 cm³/mol. The Kier molecular flexibility index (Phi) is 4.27. The smallest absolute Gasteiger partial charge is 0.158 e. The molecule has 0 radical (unpaired) electrons. The fourth-order valence-corrected chi connectivity index (χ4v) is 3.52. The first-order valence-electron chi connectivity index (χ1n) is 4.59. The molecule has 0 aromatic rings. The van der Waals surface area contributed by atoms with Gasteiger partial charge in [0.25, 0.3) is 0 Å². The summed E-state index contributed by atoms with van der Waals surface area (Å²) in [6.07, 6.45) is 4.31. The zero-order valence-electron chi connectivity index (χ0n) is 7.20. The van der Waals surface area contributed by atoms with Crippen LogP contribution in [0.15, 0.2) is 0 Å². The van der Waals surface area contributed by atoms with Crippen molar-refractivity contribution in [3.63, 3.8) is 0 Å². The van der Waals surface area contributed by atoms with Crippen LogP contribution in [0.2, 0.25) is 0 Å². The minimum atomic E-state index is -1.74. The molecule has 0 heterocycles. The van der Waals surface area contributed by atoms with Gasteiger partial charge in [0.1, 0.15) is 0 Å². The molecule has 1 aliphatic carbocycles. The molecule has 1 unspecified atom stereocenters. The van der Waals surface area contributed by atoms with Crippen molar-refractivity contribution in [2.24, 2.45) is 0 Å². The van der Waals surface area contributed by atoms with Gasteiger partial charge in [0, 0.05) is 11.8 Å². The van der Waals surface area contributed by atoms with E-state index in [1.165, 1.54) is 6.42 Å². The van der Waals surface area contributed by atoms with Crippen LogP contribution in [0.1, 0.15) is 32.1 Å². The maximum absolute atomic E-state index is 11.5. The quantitative estimate of drug-likeness (QED) is 0.521. The molecule has 0 amide bonds. The van der Waals surface area contributed by atoms with Crippen LogP contribution < -0.4 is 0 Å². The fourth-order valence-electron chi connectivity index (χ4n) is 1.77. The summed E-state index contributed by atoms with van der Waals surface area (Å²) in [5, 5.41) is 17.3. The molecule has 0 saturated heterocycles. The van der Waals surface area contributed by atoms with E-state index >= 15 is 0 Å². The van der Waals surface area contributed by atoms with Crippen molar-refractivity contribution in [2.45, 2.75) is 44.1 Å². The second kappa shape index (κ2) is 5.00. The van der Waals surface area contributed by atoms with Gasteiger partial charge in [0.15, 0.2) is 6.29 Å². The van der Waals surface area contributed by atoms with Gasteiger partial charge < -0.3 is 14.8 Å². The van der Waals surface area contributed by atoms with Gasteiger partial charge in [0.05, 0.1) is 7.80 Å². The third kappa shape index (κ3) is 3.26. The highest BCUT2D eigenvalue weighted by Gasteiger charge is 2.20. The molecule has 0 aromatic heterocycles. The summed E-state index contributed by atoms with van der Waals surface area (Å²) in [6, 6.07) is 0. The van der Waals surface area contributed by atoms with Gasteiger partial charge in [-0.3, -0.25) is 0 Å². The molecule has 4 heteroatoms. The van der Waals surface area contributed by atoms with E-state index in [1.807, 2.05) is 0 Å². The standard InChI is InChI=1S/C8H17O3P/c9-8(10)6-12(11)7-4-2-1-3-5-7/h7-10,12H,1-6H2. The van der Waals surface area contributed by atoms with Crippen LogP contribution in [-0.2, 0) is 4.57 Å². The molecular formula is C8H17O3P. The number of hydrogen-bond acceptors (Lipinski definition) is 3. The molecule has 0 aliphatic heterocycles. The summed E-state index contributed by atoms with van der Waals surface area (Å²) in [5.41, 5.74) is 0.283. The first kappa shape index (κ1) is 10.2. The minimum Gasteiger partial charge on any atom is -0.368 e. The number of aliphatic hydroxyl groups excluding tert-OH is 1. The second-order valence-electron chi connectivity index (χ2n) is 3.49. The van der Waals surface area contributed by atoms with Gasteiger partial charge in [-0.2, -0.15) is 0 Å². The molecule has 0 spiro atoms. The van der Waals surface area contributed by atoms with Crippen molar-refractivity contribution < 1.29 is 14.8 Å². The fraction of sp³-hybridized carbons (Fsp3) is 1.00. The van der Waals surface area contributed by atoms with Crippen LogP contribution in [0.4, 0.5) is 0 Å². The van der Waals surface area contributed by atoms with Crippen LogP contribution in [0, 0.1) is 0 Å². The van der Waals surface area contributed by atoms with E-state index in [0.717, 1.165) is 25.7 Å². The Labute approximate surface area is 73.6 Å². The Bertz CT molecular complexity index is 152. The highest BCUT2D eigenvalue weighted by Crippen LogP contribution is 2.38. The monoisotopic (exact) mass is 192 g/mol. The molecule has 3 nitrogen and oxygen atoms in total. The Morgan fingerprint density at radius 2 is 1.83 bits per heavy atom. The average Bonchev–Trinajstić information content (AvgIpc) is 2.05. The molecule has 12 heavy (non-hydrogen) atoms. The molecule has 1 atom stereocenters. The summed E-state index contributed by atoms with van der Waals surface area (Å²) in [5.74, 6) is 0. The lowest BCUT2D eigenvalue weighted by Gasteiger charge is -2.21. The molecule has 2 N–H and O–H groups in total. The molecule has 1 aliphatic rings. The van der Waals surface area contributed by atoms with E-state index in [0.29, 0.717) is 0 Å². The minimum absolute atomic E-state index is 0.0926. The van der Waals surface area contributed by atoms with Crippen LogP contribution in [-0.4, -0.2) is 28.3 Å². The van der Waals surface area contributed by atoms with Crippen molar-refractivity contribution in [2.75, 3.05) is 6.16 Å². The molecule has 1 rings (SSSR count). The predicted octanol–water partition coefficient (Wildman–Crippen LogP) is 1.19. The molecule has 0 bridgehead atoms. The second-order valence-corrected chi connectivity index (χ2v) is 5.64. The number of aliphatic hydroxyl groups is 2. The summed E-state index contributed by atoms with van der Waals surface area (Å²) in [6.45, 7) is 0. The highest BCUT2D eigenvalue weighted by molar-refractivity contribution is 7.45. The third-order valence-corrected chi connectivity index (χ3v) is 4.70. The van der Waals surface area contributed by atoms with Crippen molar-refractivity contribution in [1.82, 2.24) is 0 Å². The van der Waals surface area contributed by atoms with Gasteiger partial charge in [-0.25, -0.2) is 0 Å². The van der Waals surface area contributed by atoms with Gasteiger partial charge in [-0.1, -0.05) is 19.3 Å². The Balaban J connectivity index is 2.30. The first-order chi connectivity index (χ1) is 5.70. The maximum Gasteiger partial charge on any atom is 0.158 e. The van der Waals surface area contributed by atoms with Crippen molar-refractivity contribution in [3.8, 4) is 0 Å². The van der Waals surface area contributed by atoms with Crippen molar-refractivity contribution in [3.05, 3.63) is 0 Å². The molecule has 1 saturated carbocycles. The molecular weight excluding hydrogens is 175 g/mol. The SMILES string of the molecule is O=[PH](CC(O)O)C1CCCCC1. The van der Waals surface area contributed by atoms with Crippen molar-refractivity contribution in [1.29, 1.82) is 0 Å². The largest absolute Gasteiger partial charge is 0.368 e. The first-order valence-corrected chi connectivity index (χ1v) is 6.28. The zero-order valence-corrected chi connectivity index (χ0v) is 8.20. The van der Waals surface area contributed by atoms with E-state index in [2.05, 4.69) is 0 Å². The van der Waals surface area contributed by atoms with E-state index in [9.17, 15) is 4.57 Å². The summed E-state index contributed by atoms with van der Waals surface area (Å²) in [7, 11) is -1.74. The van der Waals surface area contributed by atoms with Gasteiger partial charge in [-0.15, -0.1) is 0 Å². The van der Waals surface area contributed by atoms with Gasteiger partial charge >= 0.3 is 0 Å². The zero-order chi connectivity index (χ0) is 8.97. The average molecular weight is 192 g/mol. The van der Waals surface area contributed by atoms with Crippen LogP contribution >= 0.6 is 7.80 Å². The summed E-state index contributed by atoms with van der Waals surface area (Å²) in [4.78, 5) is 0. The topological polar surface area (TPSA) is 57.5 Å². The van der Waals surface area contributed by atoms with E-state index < -0.39 is 14.1 Å². The third-order valence-electron chi connectivity index (χ3n) is 2.44. The highest BCUT2D eigenvalue weighted by atomic mass is 31.1. The number of rotatable bonds is 3. The van der Waals surface area contributed by atoms with Crippen molar-refractivity contribution >= 4 is 7.80 Å². The Morgan fingerprint density at radius 1 is 1.25 bits per heavy atom. The maximum atomic E-state index is 11.5. The van der Waals surface area contributed by atoms with Gasteiger partial charge in [0.2, 0.25) is 0 Å². The molecule has 72 valence electrons. The summed E-state index contributed by atoms with van der Waals surface area (Å²) >= 11 is 0. The lowest BCUT2D eigenvalue weighted by molar-refractivity contribution is -0.0199. The summed E-state index contributed by atoms with van der Waals surface area (Å²) < 4.78 is 11.5. The normalized spacial score (nSPS) is 22.9. The Hall–Kier alpha value is 0.150. The van der Waals surface area contributed by atoms with Crippen LogP contribution in [0.25, 0.3) is 0 Å². The van der Waals surface area contributed by atoms with Crippen LogP contribution in [0.3, 0.4) is 0 Å². The van der Waals surface area contributed by atoms with Crippen LogP contribution in [0.5, 0.6) is 0 Å². The molecule has 1 fully saturated rings. The lowest BCUT2D eigenvalue weighted by Crippen LogP contribution is -2.14. The van der Waals surface area contributed by atoms with E-state index in [-0.39, 0.29) is 11.8 Å². The molecule has 0 aromatic carbocycles. The van der Waals surface area contributed by atoms with Gasteiger partial charge in [-0.05, 0) is 12.8 Å². The lowest BCUT2D eigenvalue weighted by atomic mass is 10.0.